The molecule has 0 aromatic carbocycles. The lowest BCUT2D eigenvalue weighted by atomic mass is 10.1. The molecule has 0 aromatic rings. The van der Waals surface area contributed by atoms with Gasteiger partial charge in [-0.2, -0.15) is 0 Å². The first-order valence-corrected chi connectivity index (χ1v) is 5.26. The van der Waals surface area contributed by atoms with Crippen LogP contribution in [0.5, 0.6) is 0 Å². The van der Waals surface area contributed by atoms with E-state index in [-0.39, 0.29) is 0 Å². The lowest BCUT2D eigenvalue weighted by Crippen LogP contribution is -1.82. The molecular weight excluding hydrogens is 156 g/mol. The molecule has 0 spiro atoms. The maximum absolute atomic E-state index is 3.63. The maximum atomic E-state index is 3.63. The highest BCUT2D eigenvalue weighted by Gasteiger charge is 1.87. The van der Waals surface area contributed by atoms with Gasteiger partial charge in [-0.05, 0) is 31.1 Å². The predicted molar refractivity (Wildman–Crippen MR) is 63.9 cm³/mol. The Hall–Kier alpha value is -0.520. The Kier molecular flexibility index (Phi) is 13.2. The van der Waals surface area contributed by atoms with Gasteiger partial charge in [0.1, 0.15) is 0 Å². The quantitative estimate of drug-likeness (QED) is 0.534. The van der Waals surface area contributed by atoms with Crippen LogP contribution >= 0.6 is 0 Å². The third-order valence-electron chi connectivity index (χ3n) is 1.59. The highest BCUT2D eigenvalue weighted by molar-refractivity contribution is 4.67. The fourth-order valence-corrected chi connectivity index (χ4v) is 0.785. The molecule has 0 unspecified atom stereocenters. The van der Waals surface area contributed by atoms with Crippen LogP contribution in [0.2, 0.25) is 0 Å². The van der Waals surface area contributed by atoms with Crippen LogP contribution < -0.4 is 0 Å². The second-order valence-electron chi connectivity index (χ2n) is 4.18. The fraction of sp³-hybridized carbons (Fsp3) is 0.692. The Bertz CT molecular complexity index is 109. The molecule has 0 aliphatic heterocycles. The Morgan fingerprint density at radius 2 is 1.46 bits per heavy atom. The van der Waals surface area contributed by atoms with E-state index in [4.69, 9.17) is 0 Å². The van der Waals surface area contributed by atoms with Crippen molar-refractivity contribution in [2.24, 2.45) is 11.8 Å². The van der Waals surface area contributed by atoms with E-state index < -0.39 is 0 Å². The predicted octanol–water partition coefficient (Wildman–Crippen LogP) is 4.83. The smallest absolute Gasteiger partial charge is 0.0330 e. The summed E-state index contributed by atoms with van der Waals surface area (Å²) in [4.78, 5) is 0. The van der Waals surface area contributed by atoms with Crippen LogP contribution in [0.1, 0.15) is 47.0 Å². The summed E-state index contributed by atoms with van der Waals surface area (Å²) < 4.78 is 0. The van der Waals surface area contributed by atoms with Crippen LogP contribution in [0, 0.1) is 11.8 Å². The first-order valence-electron chi connectivity index (χ1n) is 5.26. The van der Waals surface area contributed by atoms with Crippen LogP contribution in [0.15, 0.2) is 25.3 Å². The molecule has 0 heteroatoms. The van der Waals surface area contributed by atoms with Gasteiger partial charge in [-0.3, -0.25) is 0 Å². The average molecular weight is 182 g/mol. The lowest BCUT2D eigenvalue weighted by molar-refractivity contribution is 0.595. The van der Waals surface area contributed by atoms with Crippen molar-refractivity contribution < 1.29 is 0 Å². The average Bonchev–Trinajstić information content (AvgIpc) is 2.01. The third kappa shape index (κ3) is 24.6. The van der Waals surface area contributed by atoms with Crippen molar-refractivity contribution >= 4 is 0 Å². The summed E-state index contributed by atoms with van der Waals surface area (Å²) in [6, 6.07) is 0. The molecule has 0 fully saturated rings. The molecule has 78 valence electrons. The van der Waals surface area contributed by atoms with E-state index in [1.165, 1.54) is 6.42 Å². The number of rotatable bonds is 5. The van der Waals surface area contributed by atoms with Crippen LogP contribution in [0.25, 0.3) is 0 Å². The minimum atomic E-state index is 0.780. The first kappa shape index (κ1) is 15.0. The third-order valence-corrected chi connectivity index (χ3v) is 1.59. The summed E-state index contributed by atoms with van der Waals surface area (Å²) in [5, 5.41) is 0. The van der Waals surface area contributed by atoms with Crippen LogP contribution in [0.3, 0.4) is 0 Å². The highest BCUT2D eigenvalue weighted by atomic mass is 13.9. The normalized spacial score (nSPS) is 9.38. The molecule has 0 amide bonds. The Morgan fingerprint density at radius 1 is 0.923 bits per heavy atom. The maximum Gasteiger partial charge on any atom is -0.0330 e. The van der Waals surface area contributed by atoms with Gasteiger partial charge in [-0.25, -0.2) is 0 Å². The molecule has 0 nitrogen and oxygen atoms in total. The summed E-state index contributed by atoms with van der Waals surface area (Å²) in [5.74, 6) is 1.61. The zero-order valence-electron chi connectivity index (χ0n) is 9.84. The van der Waals surface area contributed by atoms with Crippen LogP contribution in [-0.4, -0.2) is 0 Å². The van der Waals surface area contributed by atoms with Gasteiger partial charge in [0, 0.05) is 0 Å². The summed E-state index contributed by atoms with van der Waals surface area (Å²) in [6.45, 7) is 16.0. The van der Waals surface area contributed by atoms with Crippen LogP contribution in [-0.2, 0) is 0 Å². The molecular formula is C13H26. The van der Waals surface area contributed by atoms with E-state index in [1.807, 2.05) is 12.2 Å². The van der Waals surface area contributed by atoms with Gasteiger partial charge in [-0.15, -0.1) is 13.2 Å². The minimum absolute atomic E-state index is 0.780. The van der Waals surface area contributed by atoms with E-state index in [0.29, 0.717) is 0 Å². The van der Waals surface area contributed by atoms with Gasteiger partial charge in [0.2, 0.25) is 0 Å². The van der Waals surface area contributed by atoms with Crippen LogP contribution in [0.4, 0.5) is 0 Å². The van der Waals surface area contributed by atoms with E-state index in [9.17, 15) is 0 Å². The molecule has 0 rings (SSSR count). The second kappa shape index (κ2) is 11.5. The summed E-state index contributed by atoms with van der Waals surface area (Å²) >= 11 is 0. The van der Waals surface area contributed by atoms with Crippen molar-refractivity contribution in [2.75, 3.05) is 0 Å². The van der Waals surface area contributed by atoms with E-state index >= 15 is 0 Å². The molecule has 0 heterocycles. The van der Waals surface area contributed by atoms with Crippen molar-refractivity contribution in [1.29, 1.82) is 0 Å². The van der Waals surface area contributed by atoms with Crippen molar-refractivity contribution in [3.63, 3.8) is 0 Å². The molecule has 0 bridgehead atoms. The van der Waals surface area contributed by atoms with Gasteiger partial charge in [0.25, 0.3) is 0 Å². The van der Waals surface area contributed by atoms with Crippen molar-refractivity contribution in [3.8, 4) is 0 Å². The van der Waals surface area contributed by atoms with E-state index in [1.54, 1.807) is 0 Å². The van der Waals surface area contributed by atoms with E-state index in [0.717, 1.165) is 24.7 Å². The largest absolute Gasteiger partial charge is 0.103 e. The molecule has 0 radical (unpaired) electrons. The summed E-state index contributed by atoms with van der Waals surface area (Å²) in [7, 11) is 0. The minimum Gasteiger partial charge on any atom is -0.103 e. The van der Waals surface area contributed by atoms with Gasteiger partial charge < -0.3 is 0 Å². The highest BCUT2D eigenvalue weighted by Crippen LogP contribution is 2.02. The number of hydrogen-bond donors (Lipinski definition) is 0. The monoisotopic (exact) mass is 182 g/mol. The fourth-order valence-electron chi connectivity index (χ4n) is 0.785. The topological polar surface area (TPSA) is 0 Å². The molecule has 0 aromatic heterocycles. The molecule has 0 aliphatic rings. The molecule has 0 saturated carbocycles. The Labute approximate surface area is 84.7 Å². The summed E-state index contributed by atoms with van der Waals surface area (Å²) in [5.41, 5.74) is 0. The number of hydrogen-bond acceptors (Lipinski definition) is 0. The molecule has 0 saturated heterocycles. The van der Waals surface area contributed by atoms with Crippen molar-refractivity contribution in [3.05, 3.63) is 25.3 Å². The zero-order chi connectivity index (χ0) is 10.7. The summed E-state index contributed by atoms with van der Waals surface area (Å²) in [6.07, 6.45) is 7.51. The Morgan fingerprint density at radius 3 is 1.54 bits per heavy atom. The Balaban J connectivity index is 0. The zero-order valence-corrected chi connectivity index (χ0v) is 9.84. The van der Waals surface area contributed by atoms with Gasteiger partial charge in [0.05, 0.1) is 0 Å². The lowest BCUT2D eigenvalue weighted by Gasteiger charge is -1.96. The molecule has 0 aliphatic carbocycles. The van der Waals surface area contributed by atoms with Crippen molar-refractivity contribution in [1.82, 2.24) is 0 Å². The van der Waals surface area contributed by atoms with E-state index in [2.05, 4.69) is 40.9 Å². The SMILES string of the molecule is C=CCC(C)C.C=CCCC(C)C. The van der Waals surface area contributed by atoms with Crippen molar-refractivity contribution in [2.45, 2.75) is 47.0 Å². The molecule has 0 N–H and O–H groups in total. The number of allylic oxidation sites excluding steroid dienone is 2. The standard InChI is InChI=1S/C7H14.C6H12/c1-4-5-6-7(2)3;1-4-5-6(2)3/h4,7H,1,5-6H2,2-3H3;4,6H,1,5H2,2-3H3. The first-order chi connectivity index (χ1) is 6.04. The molecule has 13 heavy (non-hydrogen) atoms. The molecule has 0 atom stereocenters. The van der Waals surface area contributed by atoms with Gasteiger partial charge in [-0.1, -0.05) is 39.8 Å². The van der Waals surface area contributed by atoms with Gasteiger partial charge in [0.15, 0.2) is 0 Å². The second-order valence-corrected chi connectivity index (χ2v) is 4.18. The van der Waals surface area contributed by atoms with Gasteiger partial charge >= 0.3 is 0 Å².